The summed E-state index contributed by atoms with van der Waals surface area (Å²) in [7, 11) is -3.95. The molecule has 0 aromatic heterocycles. The van der Waals surface area contributed by atoms with Crippen molar-refractivity contribution in [3.63, 3.8) is 0 Å². The first kappa shape index (κ1) is 20.3. The molecular weight excluding hydrogens is 402 g/mol. The van der Waals surface area contributed by atoms with Gasteiger partial charge >= 0.3 is 0 Å². The van der Waals surface area contributed by atoms with Crippen molar-refractivity contribution in [2.24, 2.45) is 29.4 Å². The zero-order valence-electron chi connectivity index (χ0n) is 17.2. The molecule has 3 atom stereocenters. The SMILES string of the molecule is NC(=O)[C@@]1(CC2C3CC4CC2CC(O)(C4)C3)CCCN1S(=O)(=O)c1ccccc1N. The van der Waals surface area contributed by atoms with E-state index in [1.807, 2.05) is 0 Å². The normalized spacial score (nSPS) is 40.7. The maximum atomic E-state index is 13.6. The molecule has 0 spiro atoms. The monoisotopic (exact) mass is 433 g/mol. The van der Waals surface area contributed by atoms with Crippen molar-refractivity contribution in [1.29, 1.82) is 0 Å². The molecule has 6 rings (SSSR count). The number of amides is 1. The van der Waals surface area contributed by atoms with Gasteiger partial charge in [0.05, 0.1) is 11.3 Å². The molecule has 8 heteroatoms. The van der Waals surface area contributed by atoms with E-state index in [9.17, 15) is 18.3 Å². The summed E-state index contributed by atoms with van der Waals surface area (Å²) in [5.41, 5.74) is 10.3. The van der Waals surface area contributed by atoms with Crippen molar-refractivity contribution in [2.45, 2.75) is 67.4 Å². The molecule has 5 fully saturated rings. The third kappa shape index (κ3) is 2.91. The molecule has 1 aromatic carbocycles. The van der Waals surface area contributed by atoms with Crippen molar-refractivity contribution in [3.8, 4) is 0 Å². The van der Waals surface area contributed by atoms with Crippen LogP contribution in [0.25, 0.3) is 0 Å². The minimum atomic E-state index is -3.95. The van der Waals surface area contributed by atoms with Gasteiger partial charge in [-0.25, -0.2) is 8.42 Å². The van der Waals surface area contributed by atoms with E-state index in [1.165, 1.54) is 10.4 Å². The van der Waals surface area contributed by atoms with Crippen LogP contribution in [0, 0.1) is 23.7 Å². The molecule has 1 amide bonds. The number of carbonyl (C=O) groups excluding carboxylic acids is 1. The standard InChI is InChI=1S/C22H31N3O4S/c23-18-4-1-2-5-19(18)30(28,29)25-7-3-6-22(25,20(24)26)13-17-15-8-14-9-16(17)12-21(27,10-14)11-15/h1-2,4-5,14-17,27H,3,6-13,23H2,(H2,24,26)/t14?,15?,16?,17?,21?,22-/m0/s1. The van der Waals surface area contributed by atoms with Gasteiger partial charge in [-0.1, -0.05) is 12.1 Å². The highest BCUT2D eigenvalue weighted by molar-refractivity contribution is 7.89. The smallest absolute Gasteiger partial charge is 0.246 e. The van der Waals surface area contributed by atoms with E-state index in [4.69, 9.17) is 11.5 Å². The number of nitrogens with zero attached hydrogens (tertiary/aromatic N) is 1. The lowest BCUT2D eigenvalue weighted by atomic mass is 9.48. The summed E-state index contributed by atoms with van der Waals surface area (Å²) in [6.07, 6.45) is 6.04. The number of anilines is 1. The van der Waals surface area contributed by atoms with Crippen LogP contribution in [0.5, 0.6) is 0 Å². The topological polar surface area (TPSA) is 127 Å². The predicted molar refractivity (Wildman–Crippen MR) is 113 cm³/mol. The number of primary amides is 1. The Morgan fingerprint density at radius 1 is 1.17 bits per heavy atom. The van der Waals surface area contributed by atoms with Gasteiger partial charge in [0.15, 0.2) is 0 Å². The molecule has 4 aliphatic carbocycles. The van der Waals surface area contributed by atoms with E-state index in [1.54, 1.807) is 18.2 Å². The Kier molecular flexibility index (Phi) is 4.51. The lowest BCUT2D eigenvalue weighted by Gasteiger charge is -2.59. The van der Waals surface area contributed by atoms with Crippen molar-refractivity contribution in [2.75, 3.05) is 12.3 Å². The maximum Gasteiger partial charge on any atom is 0.246 e. The quantitative estimate of drug-likeness (QED) is 0.611. The summed E-state index contributed by atoms with van der Waals surface area (Å²) in [5.74, 6) is 0.887. The Balaban J connectivity index is 1.50. The lowest BCUT2D eigenvalue weighted by Crippen LogP contribution is -2.61. The van der Waals surface area contributed by atoms with Gasteiger partial charge in [0.25, 0.3) is 0 Å². The number of rotatable bonds is 5. The molecule has 4 bridgehead atoms. The molecule has 2 unspecified atom stereocenters. The molecule has 30 heavy (non-hydrogen) atoms. The zero-order chi connectivity index (χ0) is 21.3. The van der Waals surface area contributed by atoms with E-state index >= 15 is 0 Å². The molecule has 5 N–H and O–H groups in total. The van der Waals surface area contributed by atoms with Crippen molar-refractivity contribution < 1.29 is 18.3 Å². The number of nitrogen functional groups attached to an aromatic ring is 1. The van der Waals surface area contributed by atoms with Crippen LogP contribution in [0.1, 0.15) is 51.4 Å². The molecule has 1 saturated heterocycles. The number of carbonyl (C=O) groups is 1. The highest BCUT2D eigenvalue weighted by atomic mass is 32.2. The first-order valence-corrected chi connectivity index (χ1v) is 12.5. The summed E-state index contributed by atoms with van der Waals surface area (Å²) in [6, 6.07) is 6.39. The van der Waals surface area contributed by atoms with E-state index in [-0.39, 0.29) is 23.0 Å². The molecule has 1 aromatic rings. The fourth-order valence-corrected chi connectivity index (χ4v) is 9.34. The second-order valence-electron chi connectivity index (χ2n) is 10.2. The van der Waals surface area contributed by atoms with E-state index in [0.717, 1.165) is 32.1 Å². The van der Waals surface area contributed by atoms with Gasteiger partial charge in [0.2, 0.25) is 15.9 Å². The Labute approximate surface area is 177 Å². The molecule has 1 heterocycles. The van der Waals surface area contributed by atoms with Gasteiger partial charge in [0, 0.05) is 6.54 Å². The van der Waals surface area contributed by atoms with Crippen LogP contribution >= 0.6 is 0 Å². The van der Waals surface area contributed by atoms with E-state index in [0.29, 0.717) is 37.0 Å². The minimum absolute atomic E-state index is 0.0388. The van der Waals surface area contributed by atoms with Gasteiger partial charge in [-0.2, -0.15) is 4.31 Å². The first-order valence-electron chi connectivity index (χ1n) is 11.0. The molecule has 7 nitrogen and oxygen atoms in total. The summed E-state index contributed by atoms with van der Waals surface area (Å²) in [4.78, 5) is 12.9. The third-order valence-electron chi connectivity index (χ3n) is 8.38. The lowest BCUT2D eigenvalue weighted by molar-refractivity contribution is -0.160. The Bertz CT molecular complexity index is 964. The van der Waals surface area contributed by atoms with Crippen LogP contribution in [0.3, 0.4) is 0 Å². The summed E-state index contributed by atoms with van der Waals surface area (Å²) < 4.78 is 28.5. The van der Waals surface area contributed by atoms with Crippen LogP contribution < -0.4 is 11.5 Å². The van der Waals surface area contributed by atoms with Gasteiger partial charge in [-0.05, 0) is 87.2 Å². The van der Waals surface area contributed by atoms with Gasteiger partial charge in [-0.3, -0.25) is 4.79 Å². The van der Waals surface area contributed by atoms with E-state index in [2.05, 4.69) is 0 Å². The van der Waals surface area contributed by atoms with Gasteiger partial charge in [0.1, 0.15) is 10.4 Å². The van der Waals surface area contributed by atoms with Crippen LogP contribution in [-0.4, -0.2) is 41.4 Å². The number of benzene rings is 1. The fraction of sp³-hybridized carbons (Fsp3) is 0.682. The van der Waals surface area contributed by atoms with Crippen LogP contribution in [-0.2, 0) is 14.8 Å². The van der Waals surface area contributed by atoms with Crippen LogP contribution in [0.4, 0.5) is 5.69 Å². The first-order chi connectivity index (χ1) is 14.1. The van der Waals surface area contributed by atoms with Crippen molar-refractivity contribution in [3.05, 3.63) is 24.3 Å². The fourth-order valence-electron chi connectivity index (χ4n) is 7.40. The molecule has 5 aliphatic rings. The number of hydrogen-bond acceptors (Lipinski definition) is 5. The second-order valence-corrected chi connectivity index (χ2v) is 12.0. The number of aliphatic hydroxyl groups is 1. The highest BCUT2D eigenvalue weighted by Gasteiger charge is 2.59. The Morgan fingerprint density at radius 2 is 1.83 bits per heavy atom. The molecule has 1 aliphatic heterocycles. The van der Waals surface area contributed by atoms with Gasteiger partial charge < -0.3 is 16.6 Å². The minimum Gasteiger partial charge on any atom is -0.398 e. The largest absolute Gasteiger partial charge is 0.398 e. The maximum absolute atomic E-state index is 13.6. The molecular formula is C22H31N3O4S. The zero-order valence-corrected chi connectivity index (χ0v) is 18.0. The average Bonchev–Trinajstić information content (AvgIpc) is 3.09. The Hall–Kier alpha value is -1.64. The summed E-state index contributed by atoms with van der Waals surface area (Å²) in [6.45, 7) is 0.272. The van der Waals surface area contributed by atoms with Gasteiger partial charge in [-0.15, -0.1) is 0 Å². The van der Waals surface area contributed by atoms with Crippen LogP contribution in [0.15, 0.2) is 29.2 Å². The number of hydrogen-bond donors (Lipinski definition) is 3. The average molecular weight is 434 g/mol. The Morgan fingerprint density at radius 3 is 2.43 bits per heavy atom. The molecule has 4 saturated carbocycles. The van der Waals surface area contributed by atoms with Crippen molar-refractivity contribution >= 4 is 21.6 Å². The summed E-state index contributed by atoms with van der Waals surface area (Å²) in [5, 5.41) is 10.9. The molecule has 164 valence electrons. The predicted octanol–water partition coefficient (Wildman–Crippen LogP) is 1.85. The number of nitrogens with two attached hydrogens (primary N) is 2. The van der Waals surface area contributed by atoms with Crippen LogP contribution in [0.2, 0.25) is 0 Å². The van der Waals surface area contributed by atoms with E-state index < -0.39 is 27.1 Å². The number of para-hydroxylation sites is 1. The second kappa shape index (κ2) is 6.68. The molecule has 0 radical (unpaired) electrons. The third-order valence-corrected chi connectivity index (χ3v) is 10.4. The highest BCUT2D eigenvalue weighted by Crippen LogP contribution is 2.60. The number of sulfonamides is 1. The van der Waals surface area contributed by atoms with Crippen molar-refractivity contribution in [1.82, 2.24) is 4.31 Å². The summed E-state index contributed by atoms with van der Waals surface area (Å²) >= 11 is 0.